The second kappa shape index (κ2) is 15.3. The van der Waals surface area contributed by atoms with Gasteiger partial charge >= 0.3 is 0 Å². The van der Waals surface area contributed by atoms with E-state index in [4.69, 9.17) is 20.3 Å². The lowest BCUT2D eigenvalue weighted by Crippen LogP contribution is -2.48. The van der Waals surface area contributed by atoms with Crippen LogP contribution in [-0.2, 0) is 10.0 Å². The molecule has 8 heterocycles. The highest BCUT2D eigenvalue weighted by molar-refractivity contribution is 7.88. The molecule has 0 amide bonds. The number of hydrogen-bond acceptors (Lipinski definition) is 15. The van der Waals surface area contributed by atoms with Gasteiger partial charge < -0.3 is 35.4 Å². The number of piperazine rings is 2. The van der Waals surface area contributed by atoms with Crippen molar-refractivity contribution in [2.75, 3.05) is 79.9 Å². The molecule has 2 aliphatic heterocycles. The third-order valence-corrected chi connectivity index (χ3v) is 11.3. The normalized spacial score (nSPS) is 15.2. The SMILES string of the molecule is CS(=O)(=O)N1CCN(c2cccc(-c3cc4nc(-c5ccco5)nn4c(N)n3)c2)CC1.Nc1nc(-c2cccc(N3CCNCC3)c2)cc2nc(-c3ccco3)nn12. The summed E-state index contributed by atoms with van der Waals surface area (Å²) in [4.78, 5) is 22.6. The van der Waals surface area contributed by atoms with Crippen LogP contribution >= 0.6 is 0 Å². The summed E-state index contributed by atoms with van der Waals surface area (Å²) in [6.07, 6.45) is 4.41. The minimum Gasteiger partial charge on any atom is -0.461 e. The highest BCUT2D eigenvalue weighted by atomic mass is 32.2. The van der Waals surface area contributed by atoms with Crippen LogP contribution in [0.1, 0.15) is 0 Å². The fraction of sp³-hybridized carbons (Fsp3) is 0.231. The highest BCUT2D eigenvalue weighted by Crippen LogP contribution is 2.29. The molecule has 6 aromatic heterocycles. The monoisotopic (exact) mass is 800 g/mol. The molecule has 2 fully saturated rings. The van der Waals surface area contributed by atoms with Crippen LogP contribution < -0.4 is 26.6 Å². The number of anilines is 4. The lowest BCUT2D eigenvalue weighted by atomic mass is 10.1. The molecule has 18 nitrogen and oxygen atoms in total. The first-order valence-electron chi connectivity index (χ1n) is 18.7. The molecule has 0 radical (unpaired) electrons. The zero-order valence-corrected chi connectivity index (χ0v) is 32.3. The van der Waals surface area contributed by atoms with Crippen molar-refractivity contribution in [3.8, 4) is 45.7 Å². The lowest BCUT2D eigenvalue weighted by molar-refractivity contribution is 0.388. The lowest BCUT2D eigenvalue weighted by Gasteiger charge is -2.34. The molecular formula is C39H40N14O4S. The Labute approximate surface area is 332 Å². The van der Waals surface area contributed by atoms with Gasteiger partial charge in [-0.3, -0.25) is 0 Å². The third-order valence-electron chi connectivity index (χ3n) is 10.0. The van der Waals surface area contributed by atoms with E-state index in [0.717, 1.165) is 48.7 Å². The summed E-state index contributed by atoms with van der Waals surface area (Å²) in [6, 6.07) is 27.2. The van der Waals surface area contributed by atoms with Crippen LogP contribution in [-0.4, -0.2) is 111 Å². The molecular weight excluding hydrogens is 761 g/mol. The topological polar surface area (TPSA) is 220 Å². The summed E-state index contributed by atoms with van der Waals surface area (Å²) in [7, 11) is -3.16. The molecule has 2 aliphatic rings. The molecule has 0 saturated carbocycles. The molecule has 296 valence electrons. The average Bonchev–Trinajstić information content (AvgIpc) is 4.09. The number of aromatic nitrogens is 8. The second-order valence-electron chi connectivity index (χ2n) is 13.9. The molecule has 5 N–H and O–H groups in total. The van der Waals surface area contributed by atoms with Crippen molar-refractivity contribution in [1.29, 1.82) is 0 Å². The van der Waals surface area contributed by atoms with Crippen molar-refractivity contribution in [3.05, 3.63) is 97.5 Å². The molecule has 2 saturated heterocycles. The number of nitrogen functional groups attached to an aromatic ring is 2. The number of nitrogens with zero attached hydrogens (tertiary/aromatic N) is 11. The van der Waals surface area contributed by atoms with Crippen molar-refractivity contribution in [3.63, 3.8) is 0 Å². The Morgan fingerprint density at radius 1 is 0.603 bits per heavy atom. The molecule has 2 aromatic carbocycles. The van der Waals surface area contributed by atoms with Crippen LogP contribution in [0.3, 0.4) is 0 Å². The summed E-state index contributed by atoms with van der Waals surface area (Å²) in [5.41, 5.74) is 19.0. The number of furan rings is 2. The number of rotatable bonds is 7. The highest BCUT2D eigenvalue weighted by Gasteiger charge is 2.24. The Bertz CT molecular complexity index is 2810. The standard InChI is InChI=1S/C20H21N7O3S.C19H19N7O/c1-31(28,29)26-9-7-25(8-10-26)15-5-2-4-14(12-15)16-13-18-23-19(17-6-3-11-30-17)24-27(18)20(21)22-16;20-19-22-15(12-17-23-18(24-26(17)19)16-5-2-10-27-16)13-3-1-4-14(11-13)25-8-6-21-7-9-25/h2-6,11-13H,7-10H2,1H3,(H2,21,22);1-5,10-12,21H,6-9H2,(H2,20,22). The van der Waals surface area contributed by atoms with Gasteiger partial charge in [-0.1, -0.05) is 24.3 Å². The maximum absolute atomic E-state index is 11.8. The van der Waals surface area contributed by atoms with Crippen LogP contribution in [0, 0.1) is 0 Å². The predicted molar refractivity (Wildman–Crippen MR) is 220 cm³/mol. The summed E-state index contributed by atoms with van der Waals surface area (Å²) in [6.45, 7) is 6.17. The van der Waals surface area contributed by atoms with Gasteiger partial charge in [-0.05, 0) is 48.5 Å². The number of fused-ring (bicyclic) bond motifs is 2. The van der Waals surface area contributed by atoms with Gasteiger partial charge in [0, 0.05) is 87.0 Å². The van der Waals surface area contributed by atoms with E-state index in [1.54, 1.807) is 30.7 Å². The predicted octanol–water partition coefficient (Wildman–Crippen LogP) is 3.76. The van der Waals surface area contributed by atoms with Gasteiger partial charge in [-0.25, -0.2) is 28.4 Å². The van der Waals surface area contributed by atoms with E-state index in [0.29, 0.717) is 72.3 Å². The van der Waals surface area contributed by atoms with E-state index in [1.807, 2.05) is 54.6 Å². The third kappa shape index (κ3) is 7.52. The van der Waals surface area contributed by atoms with Crippen molar-refractivity contribution < 1.29 is 17.3 Å². The minimum atomic E-state index is -3.16. The van der Waals surface area contributed by atoms with E-state index >= 15 is 0 Å². The van der Waals surface area contributed by atoms with Crippen LogP contribution in [0.4, 0.5) is 23.3 Å². The summed E-state index contributed by atoms with van der Waals surface area (Å²) in [5.74, 6) is 2.60. The fourth-order valence-corrected chi connectivity index (χ4v) is 7.89. The molecule has 0 spiro atoms. The Morgan fingerprint density at radius 3 is 1.53 bits per heavy atom. The zero-order chi connectivity index (χ0) is 39.8. The maximum atomic E-state index is 11.8. The summed E-state index contributed by atoms with van der Waals surface area (Å²) in [5, 5.41) is 12.1. The fourth-order valence-electron chi connectivity index (χ4n) is 7.06. The first-order chi connectivity index (χ1) is 28.2. The van der Waals surface area contributed by atoms with Gasteiger partial charge in [0.05, 0.1) is 30.2 Å². The van der Waals surface area contributed by atoms with E-state index in [2.05, 4.69) is 57.4 Å². The smallest absolute Gasteiger partial charge is 0.223 e. The summed E-state index contributed by atoms with van der Waals surface area (Å²) < 4.78 is 38.8. The van der Waals surface area contributed by atoms with Gasteiger partial charge in [0.15, 0.2) is 22.8 Å². The Kier molecular flexibility index (Phi) is 9.68. The van der Waals surface area contributed by atoms with Gasteiger partial charge in [-0.15, -0.1) is 10.2 Å². The molecule has 19 heteroatoms. The quantitative estimate of drug-likeness (QED) is 0.209. The van der Waals surface area contributed by atoms with Crippen LogP contribution in [0.5, 0.6) is 0 Å². The van der Waals surface area contributed by atoms with Crippen molar-refractivity contribution in [2.45, 2.75) is 0 Å². The number of nitrogens with one attached hydrogen (secondary N) is 1. The number of sulfonamides is 1. The van der Waals surface area contributed by atoms with Crippen LogP contribution in [0.15, 0.2) is 106 Å². The Hall–Kier alpha value is -6.83. The minimum absolute atomic E-state index is 0.227. The second-order valence-corrected chi connectivity index (χ2v) is 15.8. The van der Waals surface area contributed by atoms with Gasteiger partial charge in [0.25, 0.3) is 0 Å². The Morgan fingerprint density at radius 2 is 1.09 bits per heavy atom. The van der Waals surface area contributed by atoms with Crippen molar-refractivity contribution >= 4 is 44.6 Å². The van der Waals surface area contributed by atoms with E-state index in [1.165, 1.54) is 25.3 Å². The molecule has 58 heavy (non-hydrogen) atoms. The number of benzene rings is 2. The van der Waals surface area contributed by atoms with E-state index < -0.39 is 10.0 Å². The van der Waals surface area contributed by atoms with Crippen molar-refractivity contribution in [2.24, 2.45) is 0 Å². The van der Waals surface area contributed by atoms with E-state index in [9.17, 15) is 8.42 Å². The molecule has 0 atom stereocenters. The molecule has 8 aromatic rings. The molecule has 10 rings (SSSR count). The van der Waals surface area contributed by atoms with Gasteiger partial charge in [0.1, 0.15) is 0 Å². The van der Waals surface area contributed by atoms with Crippen LogP contribution in [0.2, 0.25) is 0 Å². The van der Waals surface area contributed by atoms with Gasteiger partial charge in [-0.2, -0.15) is 13.3 Å². The van der Waals surface area contributed by atoms with Gasteiger partial charge in [0.2, 0.25) is 33.6 Å². The van der Waals surface area contributed by atoms with Crippen molar-refractivity contribution in [1.82, 2.24) is 48.8 Å². The summed E-state index contributed by atoms with van der Waals surface area (Å²) >= 11 is 0. The van der Waals surface area contributed by atoms with E-state index in [-0.39, 0.29) is 5.95 Å². The first-order valence-corrected chi connectivity index (χ1v) is 20.5. The molecule has 0 unspecified atom stereocenters. The molecule has 0 bridgehead atoms. The number of nitrogens with two attached hydrogens (primary N) is 2. The molecule has 0 aliphatic carbocycles. The number of hydrogen-bond donors (Lipinski definition) is 3. The zero-order valence-electron chi connectivity index (χ0n) is 31.5. The van der Waals surface area contributed by atoms with Crippen LogP contribution in [0.25, 0.3) is 57.0 Å². The maximum Gasteiger partial charge on any atom is 0.223 e. The first kappa shape index (κ1) is 36.8. The Balaban J connectivity index is 0.000000152. The average molecular weight is 801 g/mol. The largest absolute Gasteiger partial charge is 0.461 e.